The number of oxazole rings is 1. The molecule has 5 nitrogen and oxygen atoms in total. The van der Waals surface area contributed by atoms with Gasteiger partial charge in [-0.25, -0.2) is 4.98 Å². The zero-order valence-corrected chi connectivity index (χ0v) is 10.1. The lowest BCUT2D eigenvalue weighted by atomic mass is 10.3. The predicted octanol–water partition coefficient (Wildman–Crippen LogP) is 3.03. The van der Waals surface area contributed by atoms with Crippen LogP contribution in [-0.4, -0.2) is 15.1 Å². The lowest BCUT2D eigenvalue weighted by Crippen LogP contribution is -1.90. The van der Waals surface area contributed by atoms with Crippen molar-refractivity contribution >= 4 is 11.6 Å². The van der Waals surface area contributed by atoms with Crippen LogP contribution in [0.5, 0.6) is 0 Å². The largest absolute Gasteiger partial charge is 0.436 e. The first kappa shape index (κ1) is 11.1. The van der Waals surface area contributed by atoms with Crippen LogP contribution in [-0.2, 0) is 0 Å². The van der Waals surface area contributed by atoms with E-state index in [1.165, 1.54) is 0 Å². The summed E-state index contributed by atoms with van der Waals surface area (Å²) >= 11 is 6.01. The maximum Gasteiger partial charge on any atom is 0.295 e. The number of aryl methyl sites for hydroxylation is 2. The molecule has 0 fully saturated rings. The number of nitrogens with zero attached hydrogens (tertiary/aromatic N) is 3. The van der Waals surface area contributed by atoms with Crippen molar-refractivity contribution in [2.45, 2.75) is 32.6 Å². The van der Waals surface area contributed by atoms with E-state index in [1.54, 1.807) is 6.92 Å². The van der Waals surface area contributed by atoms with E-state index < -0.39 is 0 Å². The zero-order valence-electron chi connectivity index (χ0n) is 9.32. The molecule has 1 unspecified atom stereocenters. The minimum Gasteiger partial charge on any atom is -0.436 e. The van der Waals surface area contributed by atoms with Crippen molar-refractivity contribution in [1.29, 1.82) is 0 Å². The maximum absolute atomic E-state index is 6.01. The first-order chi connectivity index (χ1) is 7.61. The predicted molar refractivity (Wildman–Crippen MR) is 58.2 cm³/mol. The Morgan fingerprint density at radius 1 is 1.31 bits per heavy atom. The van der Waals surface area contributed by atoms with E-state index in [9.17, 15) is 0 Å². The molecular formula is C10H12ClN3O2. The van der Waals surface area contributed by atoms with E-state index in [2.05, 4.69) is 15.1 Å². The number of aromatic nitrogens is 3. The fraction of sp³-hybridized carbons (Fsp3) is 0.500. The summed E-state index contributed by atoms with van der Waals surface area (Å²) in [6.45, 7) is 5.55. The van der Waals surface area contributed by atoms with E-state index in [1.807, 2.05) is 13.8 Å². The topological polar surface area (TPSA) is 65.0 Å². The van der Waals surface area contributed by atoms with Crippen LogP contribution in [0.2, 0.25) is 0 Å². The number of hydrogen-bond donors (Lipinski definition) is 0. The van der Waals surface area contributed by atoms with Gasteiger partial charge in [0.15, 0.2) is 11.7 Å². The quantitative estimate of drug-likeness (QED) is 0.773. The summed E-state index contributed by atoms with van der Waals surface area (Å²) in [5, 5.41) is 3.57. The van der Waals surface area contributed by atoms with Crippen molar-refractivity contribution in [3.05, 3.63) is 17.4 Å². The molecule has 2 aromatic rings. The molecule has 0 aliphatic carbocycles. The summed E-state index contributed by atoms with van der Waals surface area (Å²) < 4.78 is 10.5. The molecule has 86 valence electrons. The molecule has 0 aliphatic rings. The van der Waals surface area contributed by atoms with Gasteiger partial charge in [-0.15, -0.1) is 11.6 Å². The zero-order chi connectivity index (χ0) is 11.7. The Labute approximate surface area is 97.8 Å². The molecule has 0 saturated heterocycles. The summed E-state index contributed by atoms with van der Waals surface area (Å²) in [5.74, 6) is 1.89. The van der Waals surface area contributed by atoms with Crippen LogP contribution in [0.15, 0.2) is 8.94 Å². The highest BCUT2D eigenvalue weighted by Gasteiger charge is 2.19. The second kappa shape index (κ2) is 4.25. The van der Waals surface area contributed by atoms with Gasteiger partial charge in [-0.2, -0.15) is 4.98 Å². The first-order valence-corrected chi connectivity index (χ1v) is 5.47. The molecule has 16 heavy (non-hydrogen) atoms. The van der Waals surface area contributed by atoms with Gasteiger partial charge in [0.25, 0.3) is 5.89 Å². The van der Waals surface area contributed by atoms with Crippen molar-refractivity contribution in [2.75, 3.05) is 0 Å². The fourth-order valence-corrected chi connectivity index (χ4v) is 1.46. The third kappa shape index (κ3) is 1.95. The summed E-state index contributed by atoms with van der Waals surface area (Å²) in [5.41, 5.74) is 0.732. The van der Waals surface area contributed by atoms with Crippen LogP contribution >= 0.6 is 11.6 Å². The smallest absolute Gasteiger partial charge is 0.295 e. The highest BCUT2D eigenvalue weighted by molar-refractivity contribution is 6.20. The van der Waals surface area contributed by atoms with Gasteiger partial charge in [0, 0.05) is 6.92 Å². The lowest BCUT2D eigenvalue weighted by Gasteiger charge is -1.95. The Kier molecular flexibility index (Phi) is 2.96. The highest BCUT2D eigenvalue weighted by atomic mass is 35.5. The second-order valence-corrected chi connectivity index (χ2v) is 4.01. The SMILES string of the molecule is CCC(Cl)c1noc(-c2oc(C)nc2C)n1. The third-order valence-corrected chi connectivity index (χ3v) is 2.68. The molecule has 6 heteroatoms. The van der Waals surface area contributed by atoms with Gasteiger partial charge in [-0.3, -0.25) is 0 Å². The van der Waals surface area contributed by atoms with Crippen molar-refractivity contribution < 1.29 is 8.94 Å². The van der Waals surface area contributed by atoms with Gasteiger partial charge >= 0.3 is 0 Å². The van der Waals surface area contributed by atoms with Crippen molar-refractivity contribution in [2.24, 2.45) is 0 Å². The van der Waals surface area contributed by atoms with E-state index >= 15 is 0 Å². The molecule has 0 bridgehead atoms. The van der Waals surface area contributed by atoms with Gasteiger partial charge in [0.05, 0.1) is 11.1 Å². The number of rotatable bonds is 3. The van der Waals surface area contributed by atoms with Crippen LogP contribution < -0.4 is 0 Å². The minimum absolute atomic E-state index is 0.234. The van der Waals surface area contributed by atoms with Crippen molar-refractivity contribution in [1.82, 2.24) is 15.1 Å². The summed E-state index contributed by atoms with van der Waals surface area (Å²) in [7, 11) is 0. The average Bonchev–Trinajstić information content (AvgIpc) is 2.83. The van der Waals surface area contributed by atoms with Gasteiger partial charge in [-0.1, -0.05) is 12.1 Å². The fourth-order valence-electron chi connectivity index (χ4n) is 1.37. The average molecular weight is 242 g/mol. The highest BCUT2D eigenvalue weighted by Crippen LogP contribution is 2.26. The van der Waals surface area contributed by atoms with Crippen LogP contribution in [0.3, 0.4) is 0 Å². The number of alkyl halides is 1. The van der Waals surface area contributed by atoms with Crippen LogP contribution in [0.25, 0.3) is 11.7 Å². The standard InChI is InChI=1S/C10H12ClN3O2/c1-4-7(11)9-13-10(16-14-9)8-5(2)12-6(3)15-8/h7H,4H2,1-3H3. The Bertz CT molecular complexity index is 492. The minimum atomic E-state index is -0.234. The van der Waals surface area contributed by atoms with E-state index in [4.69, 9.17) is 20.5 Å². The number of halogens is 1. The van der Waals surface area contributed by atoms with E-state index in [0.717, 1.165) is 12.1 Å². The van der Waals surface area contributed by atoms with Crippen LogP contribution in [0, 0.1) is 13.8 Å². The Hall–Kier alpha value is -1.36. The first-order valence-electron chi connectivity index (χ1n) is 5.04. The molecule has 1 atom stereocenters. The van der Waals surface area contributed by atoms with Crippen LogP contribution in [0.4, 0.5) is 0 Å². The maximum atomic E-state index is 6.01. The van der Waals surface area contributed by atoms with E-state index in [-0.39, 0.29) is 5.38 Å². The summed E-state index contributed by atoms with van der Waals surface area (Å²) in [6.07, 6.45) is 0.745. The molecule has 0 amide bonds. The molecule has 0 spiro atoms. The Morgan fingerprint density at radius 2 is 2.06 bits per heavy atom. The monoisotopic (exact) mass is 241 g/mol. The molecule has 0 radical (unpaired) electrons. The van der Waals surface area contributed by atoms with Crippen LogP contribution in [0.1, 0.15) is 36.1 Å². The Morgan fingerprint density at radius 3 is 2.62 bits per heavy atom. The molecule has 0 saturated carbocycles. The molecule has 0 aromatic carbocycles. The molecule has 2 aromatic heterocycles. The number of hydrogen-bond acceptors (Lipinski definition) is 5. The molecule has 0 N–H and O–H groups in total. The molecule has 2 heterocycles. The summed E-state index contributed by atoms with van der Waals surface area (Å²) in [4.78, 5) is 8.32. The molecule has 2 rings (SSSR count). The van der Waals surface area contributed by atoms with E-state index in [0.29, 0.717) is 23.4 Å². The van der Waals surface area contributed by atoms with Gasteiger partial charge < -0.3 is 8.94 Å². The van der Waals surface area contributed by atoms with Crippen molar-refractivity contribution in [3.8, 4) is 11.7 Å². The normalized spacial score (nSPS) is 13.0. The van der Waals surface area contributed by atoms with Gasteiger partial charge in [-0.05, 0) is 13.3 Å². The van der Waals surface area contributed by atoms with Gasteiger partial charge in [0.2, 0.25) is 5.76 Å². The second-order valence-electron chi connectivity index (χ2n) is 3.48. The van der Waals surface area contributed by atoms with Crippen molar-refractivity contribution in [3.63, 3.8) is 0 Å². The third-order valence-electron chi connectivity index (χ3n) is 2.18. The lowest BCUT2D eigenvalue weighted by molar-refractivity contribution is 0.404. The summed E-state index contributed by atoms with van der Waals surface area (Å²) in [6, 6.07) is 0. The van der Waals surface area contributed by atoms with Gasteiger partial charge in [0.1, 0.15) is 0 Å². The molecular weight excluding hydrogens is 230 g/mol. The Balaban J connectivity index is 2.35. The molecule has 0 aliphatic heterocycles.